The average molecular weight is 261 g/mol. The quantitative estimate of drug-likeness (QED) is 0.872. The zero-order chi connectivity index (χ0) is 13.1. The third kappa shape index (κ3) is 2.85. The van der Waals surface area contributed by atoms with Gasteiger partial charge in [-0.25, -0.2) is 0 Å². The standard InChI is InChI=1S/C15H19NOS/c1-10-9-13(6-7-14(10)17-4)16-12(3)15-8-5-11(2)18-15/h5-9,12,16H,1-4H3. The highest BCUT2D eigenvalue weighted by Crippen LogP contribution is 2.28. The van der Waals surface area contributed by atoms with Gasteiger partial charge in [0.15, 0.2) is 0 Å². The van der Waals surface area contributed by atoms with E-state index in [4.69, 9.17) is 4.74 Å². The van der Waals surface area contributed by atoms with Crippen LogP contribution in [-0.4, -0.2) is 7.11 Å². The number of thiophene rings is 1. The van der Waals surface area contributed by atoms with Crippen molar-refractivity contribution in [2.75, 3.05) is 12.4 Å². The van der Waals surface area contributed by atoms with Crippen molar-refractivity contribution < 1.29 is 4.74 Å². The highest BCUT2D eigenvalue weighted by molar-refractivity contribution is 7.12. The van der Waals surface area contributed by atoms with Crippen molar-refractivity contribution in [1.82, 2.24) is 0 Å². The Morgan fingerprint density at radius 3 is 2.50 bits per heavy atom. The Morgan fingerprint density at radius 2 is 1.94 bits per heavy atom. The van der Waals surface area contributed by atoms with Gasteiger partial charge in [-0.05, 0) is 56.7 Å². The van der Waals surface area contributed by atoms with Gasteiger partial charge in [-0.2, -0.15) is 0 Å². The summed E-state index contributed by atoms with van der Waals surface area (Å²) in [6, 6.07) is 10.9. The molecule has 0 saturated carbocycles. The van der Waals surface area contributed by atoms with Crippen LogP contribution in [0.1, 0.15) is 28.3 Å². The van der Waals surface area contributed by atoms with Crippen LogP contribution in [0.4, 0.5) is 5.69 Å². The molecule has 1 unspecified atom stereocenters. The molecule has 18 heavy (non-hydrogen) atoms. The minimum Gasteiger partial charge on any atom is -0.496 e. The van der Waals surface area contributed by atoms with Crippen LogP contribution in [0.2, 0.25) is 0 Å². The third-order valence-corrected chi connectivity index (χ3v) is 4.15. The minimum absolute atomic E-state index is 0.330. The van der Waals surface area contributed by atoms with Crippen LogP contribution in [0.3, 0.4) is 0 Å². The van der Waals surface area contributed by atoms with Gasteiger partial charge in [-0.3, -0.25) is 0 Å². The van der Waals surface area contributed by atoms with Crippen molar-refractivity contribution in [3.05, 3.63) is 45.6 Å². The van der Waals surface area contributed by atoms with E-state index in [0.717, 1.165) is 17.0 Å². The Morgan fingerprint density at radius 1 is 1.17 bits per heavy atom. The number of nitrogens with one attached hydrogen (secondary N) is 1. The lowest BCUT2D eigenvalue weighted by atomic mass is 10.2. The molecule has 0 saturated heterocycles. The molecule has 96 valence electrons. The molecule has 2 rings (SSSR count). The molecular formula is C15H19NOS. The second-order valence-electron chi connectivity index (χ2n) is 4.50. The summed E-state index contributed by atoms with van der Waals surface area (Å²) in [7, 11) is 1.70. The molecule has 1 aromatic carbocycles. The Kier molecular flexibility index (Phi) is 3.92. The molecule has 0 bridgehead atoms. The molecule has 0 aliphatic carbocycles. The van der Waals surface area contributed by atoms with Crippen molar-refractivity contribution in [2.24, 2.45) is 0 Å². The maximum Gasteiger partial charge on any atom is 0.121 e. The van der Waals surface area contributed by atoms with Crippen molar-refractivity contribution in [1.29, 1.82) is 0 Å². The summed E-state index contributed by atoms with van der Waals surface area (Å²) in [4.78, 5) is 2.71. The summed E-state index contributed by atoms with van der Waals surface area (Å²) in [6.07, 6.45) is 0. The highest BCUT2D eigenvalue weighted by atomic mass is 32.1. The predicted octanol–water partition coefficient (Wildman–Crippen LogP) is 4.55. The maximum absolute atomic E-state index is 5.27. The minimum atomic E-state index is 0.330. The fourth-order valence-electron chi connectivity index (χ4n) is 1.98. The first kappa shape index (κ1) is 13.0. The van der Waals surface area contributed by atoms with Crippen LogP contribution in [-0.2, 0) is 0 Å². The second kappa shape index (κ2) is 5.44. The van der Waals surface area contributed by atoms with Gasteiger partial charge in [0, 0.05) is 15.4 Å². The monoisotopic (exact) mass is 261 g/mol. The Balaban J connectivity index is 2.12. The number of anilines is 1. The first-order valence-corrected chi connectivity index (χ1v) is 6.89. The van der Waals surface area contributed by atoms with Gasteiger partial charge in [0.1, 0.15) is 5.75 Å². The lowest BCUT2D eigenvalue weighted by molar-refractivity contribution is 0.412. The van der Waals surface area contributed by atoms with Crippen molar-refractivity contribution >= 4 is 17.0 Å². The van der Waals surface area contributed by atoms with E-state index in [1.807, 2.05) is 17.4 Å². The Bertz CT molecular complexity index is 533. The van der Waals surface area contributed by atoms with Crippen molar-refractivity contribution in [3.8, 4) is 5.75 Å². The summed E-state index contributed by atoms with van der Waals surface area (Å²) in [6.45, 7) is 6.38. The van der Waals surface area contributed by atoms with Gasteiger partial charge in [-0.1, -0.05) is 0 Å². The van der Waals surface area contributed by atoms with Crippen LogP contribution in [0.5, 0.6) is 5.75 Å². The lowest BCUT2D eigenvalue weighted by Crippen LogP contribution is -2.05. The van der Waals surface area contributed by atoms with Crippen LogP contribution in [0, 0.1) is 13.8 Å². The van der Waals surface area contributed by atoms with Crippen LogP contribution >= 0.6 is 11.3 Å². The molecule has 0 aliphatic rings. The summed E-state index contributed by atoms with van der Waals surface area (Å²) < 4.78 is 5.27. The van der Waals surface area contributed by atoms with Crippen LogP contribution < -0.4 is 10.1 Å². The number of benzene rings is 1. The second-order valence-corrected chi connectivity index (χ2v) is 5.82. The van der Waals surface area contributed by atoms with Gasteiger partial charge >= 0.3 is 0 Å². The fraction of sp³-hybridized carbons (Fsp3) is 0.333. The Labute approximate surface area is 113 Å². The predicted molar refractivity (Wildman–Crippen MR) is 78.8 cm³/mol. The third-order valence-electron chi connectivity index (χ3n) is 2.97. The van der Waals surface area contributed by atoms with E-state index in [-0.39, 0.29) is 0 Å². The number of aryl methyl sites for hydroxylation is 2. The molecule has 0 aliphatic heterocycles. The summed E-state index contributed by atoms with van der Waals surface area (Å²) in [5.74, 6) is 0.931. The molecule has 0 spiro atoms. The molecule has 1 aromatic heterocycles. The summed E-state index contributed by atoms with van der Waals surface area (Å²) >= 11 is 1.84. The Hall–Kier alpha value is -1.48. The van der Waals surface area contributed by atoms with Gasteiger partial charge < -0.3 is 10.1 Å². The van der Waals surface area contributed by atoms with Crippen LogP contribution in [0.25, 0.3) is 0 Å². The topological polar surface area (TPSA) is 21.3 Å². The van der Waals surface area contributed by atoms with Crippen molar-refractivity contribution in [2.45, 2.75) is 26.8 Å². The first-order valence-electron chi connectivity index (χ1n) is 6.07. The van der Waals surface area contributed by atoms with E-state index in [2.05, 4.69) is 50.4 Å². The molecule has 1 atom stereocenters. The van der Waals surface area contributed by atoms with E-state index in [1.165, 1.54) is 9.75 Å². The van der Waals surface area contributed by atoms with E-state index >= 15 is 0 Å². The van der Waals surface area contributed by atoms with Gasteiger partial charge in [0.2, 0.25) is 0 Å². The molecule has 3 heteroatoms. The van der Waals surface area contributed by atoms with E-state index < -0.39 is 0 Å². The number of methoxy groups -OCH3 is 1. The molecule has 1 heterocycles. The molecule has 0 fully saturated rings. The van der Waals surface area contributed by atoms with Gasteiger partial charge in [0.05, 0.1) is 13.2 Å². The average Bonchev–Trinajstić information content (AvgIpc) is 2.76. The number of hydrogen-bond donors (Lipinski definition) is 1. The first-order chi connectivity index (χ1) is 8.60. The number of hydrogen-bond acceptors (Lipinski definition) is 3. The number of ether oxygens (including phenoxy) is 1. The molecule has 1 N–H and O–H groups in total. The molecule has 2 nitrogen and oxygen atoms in total. The van der Waals surface area contributed by atoms with E-state index in [0.29, 0.717) is 6.04 Å². The zero-order valence-corrected chi connectivity index (χ0v) is 12.1. The zero-order valence-electron chi connectivity index (χ0n) is 11.3. The molecular weight excluding hydrogens is 242 g/mol. The maximum atomic E-state index is 5.27. The lowest BCUT2D eigenvalue weighted by Gasteiger charge is -2.15. The summed E-state index contributed by atoms with van der Waals surface area (Å²) in [5.41, 5.74) is 2.28. The summed E-state index contributed by atoms with van der Waals surface area (Å²) in [5, 5.41) is 3.52. The SMILES string of the molecule is COc1ccc(NC(C)c2ccc(C)s2)cc1C. The highest BCUT2D eigenvalue weighted by Gasteiger charge is 2.08. The van der Waals surface area contributed by atoms with Crippen LogP contribution in [0.15, 0.2) is 30.3 Å². The van der Waals surface area contributed by atoms with E-state index in [1.54, 1.807) is 7.11 Å². The smallest absolute Gasteiger partial charge is 0.121 e. The van der Waals surface area contributed by atoms with E-state index in [9.17, 15) is 0 Å². The fourth-order valence-corrected chi connectivity index (χ4v) is 2.86. The van der Waals surface area contributed by atoms with Crippen molar-refractivity contribution in [3.63, 3.8) is 0 Å². The van der Waals surface area contributed by atoms with Gasteiger partial charge in [-0.15, -0.1) is 11.3 Å². The molecule has 0 amide bonds. The normalized spacial score (nSPS) is 12.2. The largest absolute Gasteiger partial charge is 0.496 e. The van der Waals surface area contributed by atoms with Gasteiger partial charge in [0.25, 0.3) is 0 Å². The molecule has 2 aromatic rings. The number of rotatable bonds is 4. The molecule has 0 radical (unpaired) electrons.